The van der Waals surface area contributed by atoms with E-state index in [1.807, 2.05) is 63.6 Å². The number of aromatic nitrogens is 7. The van der Waals surface area contributed by atoms with Crippen molar-refractivity contribution in [3.63, 3.8) is 0 Å². The van der Waals surface area contributed by atoms with Crippen LogP contribution in [0, 0.1) is 18.6 Å². The fraction of sp³-hybridized carbons (Fsp3) is 0.167. The molecule has 7 nitrogen and oxygen atoms in total. The van der Waals surface area contributed by atoms with Crippen LogP contribution in [0.1, 0.15) is 22.5 Å². The molecule has 0 amide bonds. The first-order chi connectivity index (χ1) is 15.6. The zero-order valence-corrected chi connectivity index (χ0v) is 18.8. The van der Waals surface area contributed by atoms with Crippen LogP contribution < -0.4 is 0 Å². The number of aryl methyl sites for hydroxylation is 2. The zero-order chi connectivity index (χ0) is 22.1. The van der Waals surface area contributed by atoms with Crippen molar-refractivity contribution in [2.75, 3.05) is 0 Å². The summed E-state index contributed by atoms with van der Waals surface area (Å²) in [5.41, 5.74) is 6.35. The molecule has 0 radical (unpaired) electrons. The van der Waals surface area contributed by atoms with E-state index in [2.05, 4.69) is 57.7 Å². The zero-order valence-electron chi connectivity index (χ0n) is 17.9. The van der Waals surface area contributed by atoms with Crippen LogP contribution in [0.25, 0.3) is 17.1 Å². The summed E-state index contributed by atoms with van der Waals surface area (Å²) in [6.07, 6.45) is 3.80. The topological polar surface area (TPSA) is 69.2 Å². The van der Waals surface area contributed by atoms with Crippen LogP contribution in [0.5, 0.6) is 0 Å². The van der Waals surface area contributed by atoms with E-state index in [9.17, 15) is 0 Å². The summed E-state index contributed by atoms with van der Waals surface area (Å²) in [5, 5.41) is 16.5. The first kappa shape index (κ1) is 20.1. The van der Waals surface area contributed by atoms with E-state index in [0.29, 0.717) is 17.9 Å². The third-order valence-electron chi connectivity index (χ3n) is 5.36. The second-order valence-corrected chi connectivity index (χ2v) is 8.24. The van der Waals surface area contributed by atoms with Gasteiger partial charge in [0, 0.05) is 17.5 Å². The molecule has 1 N–H and O–H groups in total. The molecular weight excluding hydrogens is 418 g/mol. The van der Waals surface area contributed by atoms with Crippen LogP contribution in [0.4, 0.5) is 0 Å². The Kier molecular flexibility index (Phi) is 5.28. The van der Waals surface area contributed by atoms with Gasteiger partial charge in [0.15, 0.2) is 10.6 Å². The Bertz CT molecular complexity index is 1420. The highest BCUT2D eigenvalue weighted by Gasteiger charge is 2.13. The van der Waals surface area contributed by atoms with Crippen molar-refractivity contribution in [1.29, 1.82) is 0 Å². The molecule has 0 saturated carbocycles. The molecule has 5 aromatic rings. The van der Waals surface area contributed by atoms with Crippen LogP contribution in [-0.2, 0) is 13.1 Å². The van der Waals surface area contributed by atoms with Gasteiger partial charge in [-0.1, -0.05) is 48.5 Å². The van der Waals surface area contributed by atoms with Crippen LogP contribution in [0.15, 0.2) is 73.1 Å². The Balaban J connectivity index is 1.46. The molecule has 160 valence electrons. The van der Waals surface area contributed by atoms with Crippen LogP contribution in [0.3, 0.4) is 0 Å². The first-order valence-electron chi connectivity index (χ1n) is 10.4. The van der Waals surface area contributed by atoms with Gasteiger partial charge in [0.05, 0.1) is 30.7 Å². The number of hydrogen-bond acceptors (Lipinski definition) is 4. The molecule has 0 unspecified atom stereocenters. The van der Waals surface area contributed by atoms with Crippen molar-refractivity contribution in [3.05, 3.63) is 100 Å². The van der Waals surface area contributed by atoms with Gasteiger partial charge in [-0.25, -0.2) is 0 Å². The fourth-order valence-corrected chi connectivity index (χ4v) is 4.11. The first-order valence-corrected chi connectivity index (χ1v) is 10.8. The lowest BCUT2D eigenvalue weighted by atomic mass is 10.1. The molecule has 2 aromatic carbocycles. The van der Waals surface area contributed by atoms with E-state index < -0.39 is 0 Å². The number of rotatable bonds is 6. The molecule has 0 aliphatic rings. The van der Waals surface area contributed by atoms with Gasteiger partial charge in [-0.3, -0.25) is 19.0 Å². The standard InChI is InChI=1S/C24H23N7S/c1-17-11-18(2)30(28-17)15-20-9-6-10-21(12-20)23-26-27-24(32)31(23)22-13-25-29(16-22)14-19-7-4-3-5-8-19/h3-13,16H,14-15H2,1-2H3,(H,27,32). The lowest BCUT2D eigenvalue weighted by molar-refractivity contribution is 0.659. The number of nitrogens with zero attached hydrogens (tertiary/aromatic N) is 6. The average molecular weight is 442 g/mol. The summed E-state index contributed by atoms with van der Waals surface area (Å²) in [6, 6.07) is 20.6. The van der Waals surface area contributed by atoms with Gasteiger partial charge in [-0.05, 0) is 49.3 Å². The van der Waals surface area contributed by atoms with Crippen LogP contribution in [-0.4, -0.2) is 34.3 Å². The molecule has 3 heterocycles. The van der Waals surface area contributed by atoms with Crippen molar-refractivity contribution in [2.24, 2.45) is 0 Å². The largest absolute Gasteiger partial charge is 0.266 e. The highest BCUT2D eigenvalue weighted by molar-refractivity contribution is 7.71. The summed E-state index contributed by atoms with van der Waals surface area (Å²) in [7, 11) is 0. The lowest BCUT2D eigenvalue weighted by Gasteiger charge is -2.08. The maximum atomic E-state index is 5.55. The van der Waals surface area contributed by atoms with E-state index in [1.54, 1.807) is 0 Å². The molecule has 3 aromatic heterocycles. The molecule has 0 aliphatic heterocycles. The second kappa shape index (κ2) is 8.39. The number of H-pyrrole nitrogens is 1. The molecule has 0 fully saturated rings. The van der Waals surface area contributed by atoms with Gasteiger partial charge in [-0.15, -0.1) is 0 Å². The second-order valence-electron chi connectivity index (χ2n) is 7.85. The van der Waals surface area contributed by atoms with Gasteiger partial charge >= 0.3 is 0 Å². The summed E-state index contributed by atoms with van der Waals surface area (Å²) < 4.78 is 6.37. The van der Waals surface area contributed by atoms with Gasteiger partial charge in [-0.2, -0.15) is 15.3 Å². The summed E-state index contributed by atoms with van der Waals surface area (Å²) in [5.74, 6) is 0.754. The third-order valence-corrected chi connectivity index (χ3v) is 5.63. The quantitative estimate of drug-likeness (QED) is 0.388. The molecule has 0 spiro atoms. The number of benzene rings is 2. The molecule has 32 heavy (non-hydrogen) atoms. The van der Waals surface area contributed by atoms with Crippen LogP contribution >= 0.6 is 12.2 Å². The van der Waals surface area contributed by atoms with Gasteiger partial charge in [0.25, 0.3) is 0 Å². The normalized spacial score (nSPS) is 11.2. The molecule has 0 aliphatic carbocycles. The number of hydrogen-bond donors (Lipinski definition) is 1. The Labute approximate surface area is 191 Å². The maximum Gasteiger partial charge on any atom is 0.200 e. The predicted molar refractivity (Wildman–Crippen MR) is 126 cm³/mol. The van der Waals surface area contributed by atoms with E-state index >= 15 is 0 Å². The minimum atomic E-state index is 0.531. The van der Waals surface area contributed by atoms with Gasteiger partial charge in [0.1, 0.15) is 0 Å². The van der Waals surface area contributed by atoms with Crippen molar-refractivity contribution < 1.29 is 0 Å². The number of aromatic amines is 1. The van der Waals surface area contributed by atoms with Crippen molar-refractivity contribution in [2.45, 2.75) is 26.9 Å². The van der Waals surface area contributed by atoms with Gasteiger partial charge < -0.3 is 0 Å². The molecular formula is C24H23N7S. The lowest BCUT2D eigenvalue weighted by Crippen LogP contribution is -2.04. The smallest absolute Gasteiger partial charge is 0.200 e. The minimum Gasteiger partial charge on any atom is -0.266 e. The molecule has 8 heteroatoms. The SMILES string of the molecule is Cc1cc(C)n(Cc2cccc(-c3n[nH]c(=S)n3-c3cnn(Cc4ccccc4)c3)c2)n1. The van der Waals surface area contributed by atoms with E-state index in [0.717, 1.165) is 34.0 Å². The average Bonchev–Trinajstić information content (AvgIpc) is 3.48. The molecule has 0 atom stereocenters. The summed E-state index contributed by atoms with van der Waals surface area (Å²) >= 11 is 5.55. The van der Waals surface area contributed by atoms with Crippen LogP contribution in [0.2, 0.25) is 0 Å². The highest BCUT2D eigenvalue weighted by Crippen LogP contribution is 2.23. The number of nitrogens with one attached hydrogen (secondary N) is 1. The van der Waals surface area contributed by atoms with Crippen molar-refractivity contribution in [3.8, 4) is 17.1 Å². The molecule has 0 saturated heterocycles. The van der Waals surface area contributed by atoms with E-state index in [-0.39, 0.29) is 0 Å². The predicted octanol–water partition coefficient (Wildman–Crippen LogP) is 4.70. The van der Waals surface area contributed by atoms with E-state index in [4.69, 9.17) is 12.2 Å². The van der Waals surface area contributed by atoms with E-state index in [1.165, 1.54) is 5.56 Å². The summed E-state index contributed by atoms with van der Waals surface area (Å²) in [6.45, 7) is 5.48. The van der Waals surface area contributed by atoms with Gasteiger partial charge in [0.2, 0.25) is 0 Å². The fourth-order valence-electron chi connectivity index (χ4n) is 3.87. The third kappa shape index (κ3) is 4.04. The molecule has 0 bridgehead atoms. The molecule has 5 rings (SSSR count). The Morgan fingerprint density at radius 3 is 2.53 bits per heavy atom. The Hall–Kier alpha value is -3.78. The Morgan fingerprint density at radius 2 is 1.75 bits per heavy atom. The summed E-state index contributed by atoms with van der Waals surface area (Å²) in [4.78, 5) is 0. The van der Waals surface area contributed by atoms with Crippen molar-refractivity contribution in [1.82, 2.24) is 34.3 Å². The minimum absolute atomic E-state index is 0.531. The highest BCUT2D eigenvalue weighted by atomic mass is 32.1. The monoisotopic (exact) mass is 441 g/mol. The Morgan fingerprint density at radius 1 is 0.938 bits per heavy atom. The van der Waals surface area contributed by atoms with Crippen molar-refractivity contribution >= 4 is 12.2 Å². The maximum absolute atomic E-state index is 5.55.